The van der Waals surface area contributed by atoms with E-state index in [4.69, 9.17) is 5.11 Å². The van der Waals surface area contributed by atoms with Gasteiger partial charge >= 0.3 is 12.2 Å². The number of imide groups is 1. The Kier molecular flexibility index (Phi) is 8.84. The number of alkyl halides is 3. The van der Waals surface area contributed by atoms with Crippen LogP contribution in [0.5, 0.6) is 0 Å². The van der Waals surface area contributed by atoms with Gasteiger partial charge in [-0.05, 0) is 0 Å². The Labute approximate surface area is 114 Å². The van der Waals surface area contributed by atoms with E-state index >= 15 is 0 Å². The van der Waals surface area contributed by atoms with Crippen LogP contribution in [-0.2, 0) is 9.53 Å². The van der Waals surface area contributed by atoms with E-state index in [1.54, 1.807) is 0 Å². The molecule has 0 aliphatic heterocycles. The first-order valence-corrected chi connectivity index (χ1v) is 5.75. The number of methoxy groups -OCH3 is 1. The van der Waals surface area contributed by atoms with E-state index in [2.05, 4.69) is 10.1 Å². The normalized spacial score (nSPS) is 11.5. The zero-order chi connectivity index (χ0) is 15.6. The van der Waals surface area contributed by atoms with Crippen molar-refractivity contribution in [2.75, 3.05) is 46.5 Å². The SMILES string of the molecule is COCCNC(=O)NC(=O)CN(CCO)CC(F)(F)F. The molecule has 0 aliphatic rings. The molecule has 0 rings (SSSR count). The van der Waals surface area contributed by atoms with Gasteiger partial charge in [-0.15, -0.1) is 0 Å². The molecule has 0 aliphatic carbocycles. The number of nitrogens with zero attached hydrogens (tertiary/aromatic N) is 1. The molecule has 7 nitrogen and oxygen atoms in total. The van der Waals surface area contributed by atoms with Gasteiger partial charge in [0.1, 0.15) is 0 Å². The number of aliphatic hydroxyl groups is 1. The van der Waals surface area contributed by atoms with Gasteiger partial charge in [0.2, 0.25) is 5.91 Å². The molecule has 0 radical (unpaired) electrons. The van der Waals surface area contributed by atoms with Crippen LogP contribution in [0.25, 0.3) is 0 Å². The molecular formula is C10H18F3N3O4. The molecule has 0 saturated heterocycles. The van der Waals surface area contributed by atoms with Crippen molar-refractivity contribution in [3.8, 4) is 0 Å². The van der Waals surface area contributed by atoms with E-state index in [9.17, 15) is 22.8 Å². The van der Waals surface area contributed by atoms with Crippen LogP contribution < -0.4 is 10.6 Å². The Bertz CT molecular complexity index is 313. The molecule has 0 heterocycles. The average molecular weight is 301 g/mol. The molecule has 3 amide bonds. The van der Waals surface area contributed by atoms with E-state index < -0.39 is 37.8 Å². The molecule has 0 fully saturated rings. The molecule has 0 unspecified atom stereocenters. The first kappa shape index (κ1) is 18.6. The van der Waals surface area contributed by atoms with Crippen molar-refractivity contribution in [3.63, 3.8) is 0 Å². The summed E-state index contributed by atoms with van der Waals surface area (Å²) in [6.45, 7) is -2.42. The van der Waals surface area contributed by atoms with Crippen molar-refractivity contribution in [1.29, 1.82) is 0 Å². The van der Waals surface area contributed by atoms with Crippen LogP contribution in [0.15, 0.2) is 0 Å². The number of nitrogens with one attached hydrogen (secondary N) is 2. The lowest BCUT2D eigenvalue weighted by molar-refractivity contribution is -0.149. The van der Waals surface area contributed by atoms with Gasteiger partial charge in [0.25, 0.3) is 0 Å². The van der Waals surface area contributed by atoms with E-state index in [0.29, 0.717) is 4.90 Å². The fourth-order valence-corrected chi connectivity index (χ4v) is 1.29. The molecule has 0 aromatic carbocycles. The minimum atomic E-state index is -4.49. The van der Waals surface area contributed by atoms with Crippen LogP contribution in [0, 0.1) is 0 Å². The van der Waals surface area contributed by atoms with Gasteiger partial charge in [-0.3, -0.25) is 15.0 Å². The highest BCUT2D eigenvalue weighted by atomic mass is 19.4. The predicted octanol–water partition coefficient (Wildman–Crippen LogP) is -0.685. The Hall–Kier alpha value is -1.39. The summed E-state index contributed by atoms with van der Waals surface area (Å²) in [6.07, 6.45) is -4.49. The monoisotopic (exact) mass is 301 g/mol. The molecule has 0 aromatic heterocycles. The van der Waals surface area contributed by atoms with Crippen LogP contribution in [0.4, 0.5) is 18.0 Å². The zero-order valence-electron chi connectivity index (χ0n) is 11.0. The van der Waals surface area contributed by atoms with Crippen molar-refractivity contribution in [3.05, 3.63) is 0 Å². The average Bonchev–Trinajstić information content (AvgIpc) is 2.26. The van der Waals surface area contributed by atoms with Crippen LogP contribution in [0.2, 0.25) is 0 Å². The molecule has 20 heavy (non-hydrogen) atoms. The lowest BCUT2D eigenvalue weighted by Crippen LogP contribution is -2.47. The molecule has 0 spiro atoms. The maximum atomic E-state index is 12.2. The highest BCUT2D eigenvalue weighted by molar-refractivity contribution is 5.95. The molecular weight excluding hydrogens is 283 g/mol. The van der Waals surface area contributed by atoms with Gasteiger partial charge in [-0.1, -0.05) is 0 Å². The molecule has 10 heteroatoms. The maximum Gasteiger partial charge on any atom is 0.401 e. The molecule has 0 atom stereocenters. The van der Waals surface area contributed by atoms with Crippen molar-refractivity contribution in [2.24, 2.45) is 0 Å². The fraction of sp³-hybridized carbons (Fsp3) is 0.800. The standard InChI is InChI=1S/C10H18F3N3O4/c1-20-5-2-14-9(19)15-8(18)6-16(3-4-17)7-10(11,12)13/h17H,2-7H2,1H3,(H2,14,15,18,19). The number of urea groups is 1. The second-order valence-electron chi connectivity index (χ2n) is 3.85. The third-order valence-corrected chi connectivity index (χ3v) is 2.03. The highest BCUT2D eigenvalue weighted by Gasteiger charge is 2.31. The summed E-state index contributed by atoms with van der Waals surface area (Å²) in [5, 5.41) is 12.8. The van der Waals surface area contributed by atoms with Crippen molar-refractivity contribution < 1.29 is 32.6 Å². The van der Waals surface area contributed by atoms with Crippen molar-refractivity contribution in [2.45, 2.75) is 6.18 Å². The largest absolute Gasteiger partial charge is 0.401 e. The smallest absolute Gasteiger partial charge is 0.395 e. The van der Waals surface area contributed by atoms with Gasteiger partial charge < -0.3 is 15.2 Å². The Balaban J connectivity index is 4.15. The summed E-state index contributed by atoms with van der Waals surface area (Å²) in [5.41, 5.74) is 0. The summed E-state index contributed by atoms with van der Waals surface area (Å²) in [6, 6.07) is -0.817. The minimum Gasteiger partial charge on any atom is -0.395 e. The molecule has 0 aromatic rings. The van der Waals surface area contributed by atoms with E-state index in [1.165, 1.54) is 7.11 Å². The van der Waals surface area contributed by atoms with Gasteiger partial charge in [0.15, 0.2) is 0 Å². The number of carbonyl (C=O) groups is 2. The van der Waals surface area contributed by atoms with Crippen LogP contribution >= 0.6 is 0 Å². The lowest BCUT2D eigenvalue weighted by atomic mass is 10.4. The van der Waals surface area contributed by atoms with E-state index in [0.717, 1.165) is 0 Å². The number of hydrogen-bond donors (Lipinski definition) is 3. The first-order chi connectivity index (χ1) is 9.28. The number of halogens is 3. The topological polar surface area (TPSA) is 90.9 Å². The van der Waals surface area contributed by atoms with Crippen LogP contribution in [-0.4, -0.2) is 74.6 Å². The number of amides is 3. The second-order valence-corrected chi connectivity index (χ2v) is 3.85. The van der Waals surface area contributed by atoms with Crippen LogP contribution in [0.1, 0.15) is 0 Å². The summed E-state index contributed by atoms with van der Waals surface area (Å²) in [5.74, 6) is -0.891. The molecule has 0 saturated carbocycles. The molecule has 0 bridgehead atoms. The fourth-order valence-electron chi connectivity index (χ4n) is 1.29. The number of hydrogen-bond acceptors (Lipinski definition) is 5. The third kappa shape index (κ3) is 10.5. The van der Waals surface area contributed by atoms with Gasteiger partial charge in [-0.2, -0.15) is 13.2 Å². The number of rotatable bonds is 8. The number of aliphatic hydroxyl groups excluding tert-OH is 1. The highest BCUT2D eigenvalue weighted by Crippen LogP contribution is 2.15. The van der Waals surface area contributed by atoms with E-state index in [1.807, 2.05) is 5.32 Å². The summed E-state index contributed by atoms with van der Waals surface area (Å²) < 4.78 is 41.3. The molecule has 118 valence electrons. The second kappa shape index (κ2) is 9.50. The predicted molar refractivity (Wildman–Crippen MR) is 63.0 cm³/mol. The van der Waals surface area contributed by atoms with Crippen molar-refractivity contribution >= 4 is 11.9 Å². The maximum absolute atomic E-state index is 12.2. The summed E-state index contributed by atoms with van der Waals surface area (Å²) in [7, 11) is 1.43. The Morgan fingerprint density at radius 3 is 2.50 bits per heavy atom. The minimum absolute atomic E-state index is 0.165. The number of ether oxygens (including phenoxy) is 1. The van der Waals surface area contributed by atoms with Crippen molar-refractivity contribution in [1.82, 2.24) is 15.5 Å². The summed E-state index contributed by atoms with van der Waals surface area (Å²) in [4.78, 5) is 23.2. The van der Waals surface area contributed by atoms with Crippen LogP contribution in [0.3, 0.4) is 0 Å². The third-order valence-electron chi connectivity index (χ3n) is 2.03. The molecule has 3 N–H and O–H groups in total. The van der Waals surface area contributed by atoms with Gasteiger partial charge in [0.05, 0.1) is 26.3 Å². The van der Waals surface area contributed by atoms with E-state index in [-0.39, 0.29) is 19.7 Å². The zero-order valence-corrected chi connectivity index (χ0v) is 11.0. The van der Waals surface area contributed by atoms with Gasteiger partial charge in [-0.25, -0.2) is 4.79 Å². The Morgan fingerprint density at radius 2 is 2.00 bits per heavy atom. The Morgan fingerprint density at radius 1 is 1.35 bits per heavy atom. The quantitative estimate of drug-likeness (QED) is 0.517. The summed E-state index contributed by atoms with van der Waals surface area (Å²) >= 11 is 0. The lowest BCUT2D eigenvalue weighted by Gasteiger charge is -2.21. The van der Waals surface area contributed by atoms with Gasteiger partial charge in [0, 0.05) is 20.2 Å². The first-order valence-electron chi connectivity index (χ1n) is 5.75. The number of carbonyl (C=O) groups excluding carboxylic acids is 2.